The number of aromatic carboxylic acids is 1. The van der Waals surface area contributed by atoms with E-state index in [1.165, 1.54) is 23.9 Å². The molecule has 0 aromatic heterocycles. The van der Waals surface area contributed by atoms with Crippen LogP contribution in [-0.4, -0.2) is 26.3 Å². The summed E-state index contributed by atoms with van der Waals surface area (Å²) >= 11 is 2.67. The Morgan fingerprint density at radius 3 is 2.68 bits per heavy atom. The van der Waals surface area contributed by atoms with E-state index in [9.17, 15) is 9.59 Å². The molecule has 0 fully saturated rings. The van der Waals surface area contributed by atoms with Crippen molar-refractivity contribution in [2.45, 2.75) is 6.92 Å². The van der Waals surface area contributed by atoms with Gasteiger partial charge in [-0.05, 0) is 41.3 Å². The lowest BCUT2D eigenvalue weighted by Crippen LogP contribution is -1.95. The molecule has 0 unspecified atom stereocenters. The van der Waals surface area contributed by atoms with Crippen LogP contribution in [0.1, 0.15) is 22.8 Å². The van der Waals surface area contributed by atoms with Crippen molar-refractivity contribution in [3.8, 4) is 0 Å². The Morgan fingerprint density at radius 2 is 2.11 bits per heavy atom. The van der Waals surface area contributed by atoms with Gasteiger partial charge in [-0.2, -0.15) is 0 Å². The third kappa shape index (κ3) is 3.48. The first-order valence-corrected chi connectivity index (χ1v) is 7.39. The molecule has 0 bridgehead atoms. The van der Waals surface area contributed by atoms with Crippen molar-refractivity contribution in [2.24, 2.45) is 4.99 Å². The van der Waals surface area contributed by atoms with Crippen LogP contribution in [0.4, 0.5) is 0 Å². The zero-order chi connectivity index (χ0) is 13.8. The fraction of sp³-hybridized carbons (Fsp3) is 0.154. The van der Waals surface area contributed by atoms with Crippen molar-refractivity contribution >= 4 is 45.1 Å². The molecular formula is C13H11NO3S2. The summed E-state index contributed by atoms with van der Waals surface area (Å²) in [6.45, 7) is 2.00. The van der Waals surface area contributed by atoms with E-state index in [0.717, 1.165) is 27.5 Å². The standard InChI is InChI=1S/C13H11NO3S2/c1-2-18-13-14-10(12(17)19-13)7-8-3-5-9(6-4-8)11(15)16/h3-7H,2H2,1H3,(H,15,16). The van der Waals surface area contributed by atoms with E-state index in [4.69, 9.17) is 5.11 Å². The van der Waals surface area contributed by atoms with Crippen molar-refractivity contribution in [3.63, 3.8) is 0 Å². The number of benzene rings is 1. The monoisotopic (exact) mass is 293 g/mol. The number of hydrogen-bond acceptors (Lipinski definition) is 5. The fourth-order valence-electron chi connectivity index (χ4n) is 1.45. The lowest BCUT2D eigenvalue weighted by Gasteiger charge is -1.96. The normalized spacial score (nSPS) is 16.8. The predicted octanol–water partition coefficient (Wildman–Crippen LogP) is 3.11. The van der Waals surface area contributed by atoms with Crippen LogP contribution < -0.4 is 0 Å². The Morgan fingerprint density at radius 1 is 1.42 bits per heavy atom. The van der Waals surface area contributed by atoms with E-state index in [2.05, 4.69) is 4.99 Å². The summed E-state index contributed by atoms with van der Waals surface area (Å²) < 4.78 is 0.765. The molecule has 0 spiro atoms. The summed E-state index contributed by atoms with van der Waals surface area (Å²) in [5, 5.41) is 8.73. The number of carbonyl (C=O) groups is 2. The van der Waals surface area contributed by atoms with Gasteiger partial charge in [-0.1, -0.05) is 30.8 Å². The number of carboxylic acids is 1. The number of hydrogen-bond donors (Lipinski definition) is 1. The van der Waals surface area contributed by atoms with E-state index in [1.54, 1.807) is 18.2 Å². The van der Waals surface area contributed by atoms with Crippen LogP contribution in [0, 0.1) is 0 Å². The molecule has 1 heterocycles. The Hall–Kier alpha value is -1.53. The summed E-state index contributed by atoms with van der Waals surface area (Å²) in [4.78, 5) is 26.7. The van der Waals surface area contributed by atoms with Gasteiger partial charge in [0, 0.05) is 0 Å². The van der Waals surface area contributed by atoms with Gasteiger partial charge in [0.15, 0.2) is 0 Å². The summed E-state index contributed by atoms with van der Waals surface area (Å²) in [6.07, 6.45) is 1.67. The highest BCUT2D eigenvalue weighted by Crippen LogP contribution is 2.30. The maximum Gasteiger partial charge on any atom is 0.335 e. The largest absolute Gasteiger partial charge is 0.478 e. The van der Waals surface area contributed by atoms with E-state index >= 15 is 0 Å². The van der Waals surface area contributed by atoms with Crippen LogP contribution >= 0.6 is 23.5 Å². The van der Waals surface area contributed by atoms with Crippen molar-refractivity contribution in [3.05, 3.63) is 41.1 Å². The highest BCUT2D eigenvalue weighted by atomic mass is 32.2. The molecule has 0 amide bonds. The maximum atomic E-state index is 11.7. The highest BCUT2D eigenvalue weighted by Gasteiger charge is 2.21. The maximum absolute atomic E-state index is 11.7. The van der Waals surface area contributed by atoms with E-state index in [1.807, 2.05) is 6.92 Å². The number of carboxylic acid groups (broad SMARTS) is 1. The highest BCUT2D eigenvalue weighted by molar-refractivity contribution is 8.45. The Balaban J connectivity index is 2.21. The molecule has 0 radical (unpaired) electrons. The second-order valence-electron chi connectivity index (χ2n) is 3.66. The van der Waals surface area contributed by atoms with Gasteiger partial charge in [-0.15, -0.1) is 0 Å². The minimum Gasteiger partial charge on any atom is -0.478 e. The van der Waals surface area contributed by atoms with Gasteiger partial charge >= 0.3 is 5.97 Å². The van der Waals surface area contributed by atoms with E-state index < -0.39 is 5.97 Å². The average Bonchev–Trinajstić information content (AvgIpc) is 2.71. The van der Waals surface area contributed by atoms with Gasteiger partial charge in [0.2, 0.25) is 5.12 Å². The molecule has 0 saturated heterocycles. The topological polar surface area (TPSA) is 66.7 Å². The lowest BCUT2D eigenvalue weighted by atomic mass is 10.1. The summed E-state index contributed by atoms with van der Waals surface area (Å²) in [5.41, 5.74) is 1.39. The van der Waals surface area contributed by atoms with Gasteiger partial charge in [-0.3, -0.25) is 4.79 Å². The third-order valence-electron chi connectivity index (χ3n) is 2.33. The molecule has 1 aliphatic rings. The van der Waals surface area contributed by atoms with Crippen LogP contribution in [0.15, 0.2) is 35.0 Å². The SMILES string of the molecule is CCSC1=NC(=Cc2ccc(C(=O)O)cc2)C(=O)S1. The van der Waals surface area contributed by atoms with Crippen molar-refractivity contribution in [1.82, 2.24) is 0 Å². The molecule has 6 heteroatoms. The van der Waals surface area contributed by atoms with Gasteiger partial charge in [-0.25, -0.2) is 9.79 Å². The summed E-state index contributed by atoms with van der Waals surface area (Å²) in [7, 11) is 0. The zero-order valence-corrected chi connectivity index (χ0v) is 11.8. The Kier molecular flexibility index (Phi) is 4.44. The molecule has 1 aromatic rings. The average molecular weight is 293 g/mol. The molecule has 4 nitrogen and oxygen atoms in total. The van der Waals surface area contributed by atoms with Crippen LogP contribution in [0.2, 0.25) is 0 Å². The molecule has 0 aliphatic carbocycles. The van der Waals surface area contributed by atoms with Crippen molar-refractivity contribution in [1.29, 1.82) is 0 Å². The molecule has 98 valence electrons. The minimum atomic E-state index is -0.966. The van der Waals surface area contributed by atoms with Gasteiger partial charge in [0.1, 0.15) is 10.1 Å². The fourth-order valence-corrected chi connectivity index (χ4v) is 3.19. The minimum absolute atomic E-state index is 0.0711. The molecule has 2 rings (SSSR count). The first-order valence-electron chi connectivity index (χ1n) is 5.59. The molecule has 0 saturated carbocycles. The Bertz CT molecular complexity index is 576. The molecule has 1 aliphatic heterocycles. The number of aliphatic imine (C=N–C) groups is 1. The number of thioether (sulfide) groups is 2. The second kappa shape index (κ2) is 6.08. The third-order valence-corrected chi connectivity index (χ3v) is 4.22. The predicted molar refractivity (Wildman–Crippen MR) is 79.5 cm³/mol. The summed E-state index contributed by atoms with van der Waals surface area (Å²) in [5.74, 6) is -0.0916. The molecule has 19 heavy (non-hydrogen) atoms. The number of nitrogens with zero attached hydrogens (tertiary/aromatic N) is 1. The molecule has 1 N–H and O–H groups in total. The van der Waals surface area contributed by atoms with E-state index in [-0.39, 0.29) is 10.7 Å². The first-order chi connectivity index (χ1) is 9.10. The summed E-state index contributed by atoms with van der Waals surface area (Å²) in [6, 6.07) is 6.34. The molecule has 1 aromatic carbocycles. The van der Waals surface area contributed by atoms with Crippen molar-refractivity contribution < 1.29 is 14.7 Å². The van der Waals surface area contributed by atoms with Gasteiger partial charge in [0.25, 0.3) is 0 Å². The van der Waals surface area contributed by atoms with Crippen LogP contribution in [-0.2, 0) is 4.79 Å². The van der Waals surface area contributed by atoms with Crippen LogP contribution in [0.5, 0.6) is 0 Å². The second-order valence-corrected chi connectivity index (χ2v) is 6.13. The molecular weight excluding hydrogens is 282 g/mol. The van der Waals surface area contributed by atoms with Crippen LogP contribution in [0.25, 0.3) is 6.08 Å². The first kappa shape index (κ1) is 13.9. The number of carbonyl (C=O) groups excluding carboxylic acids is 1. The number of rotatable bonds is 3. The quantitative estimate of drug-likeness (QED) is 0.867. The van der Waals surface area contributed by atoms with Crippen molar-refractivity contribution in [2.75, 3.05) is 5.75 Å². The lowest BCUT2D eigenvalue weighted by molar-refractivity contribution is -0.107. The van der Waals surface area contributed by atoms with Gasteiger partial charge in [0.05, 0.1) is 5.56 Å². The van der Waals surface area contributed by atoms with E-state index in [0.29, 0.717) is 5.70 Å². The smallest absolute Gasteiger partial charge is 0.335 e. The van der Waals surface area contributed by atoms with Gasteiger partial charge < -0.3 is 5.11 Å². The zero-order valence-electron chi connectivity index (χ0n) is 10.1. The molecule has 0 atom stereocenters. The van der Waals surface area contributed by atoms with Crippen LogP contribution in [0.3, 0.4) is 0 Å². The Labute approximate surface area is 119 Å².